The van der Waals surface area contributed by atoms with Gasteiger partial charge in [0.2, 0.25) is 0 Å². The molecule has 2 aromatic carbocycles. The number of benzene rings is 2. The molecule has 3 rings (SSSR count). The van der Waals surface area contributed by atoms with Gasteiger partial charge in [-0.15, -0.1) is 0 Å². The maximum Gasteiger partial charge on any atom is 0.266 e. The van der Waals surface area contributed by atoms with Gasteiger partial charge in [-0.05, 0) is 53.6 Å². The van der Waals surface area contributed by atoms with Gasteiger partial charge in [0.1, 0.15) is 12.4 Å². The zero-order valence-electron chi connectivity index (χ0n) is 15.5. The fourth-order valence-corrected chi connectivity index (χ4v) is 3.64. The van der Waals surface area contributed by atoms with Crippen LogP contribution in [0.2, 0.25) is 0 Å². The fourth-order valence-electron chi connectivity index (χ4n) is 2.66. The first-order valence-corrected chi connectivity index (χ1v) is 9.56. The van der Waals surface area contributed by atoms with Crippen LogP contribution in [0, 0.1) is 0 Å². The van der Waals surface area contributed by atoms with Crippen molar-refractivity contribution in [2.24, 2.45) is 4.99 Å². The van der Waals surface area contributed by atoms with Crippen molar-refractivity contribution in [1.82, 2.24) is 4.90 Å². The number of thioether (sulfide) groups is 1. The Hall–Kier alpha value is -3.06. The number of amidine groups is 1. The molecule has 28 heavy (non-hydrogen) atoms. The van der Waals surface area contributed by atoms with E-state index in [1.165, 1.54) is 16.7 Å². The number of hydrogen-bond acceptors (Lipinski definition) is 6. The quantitative estimate of drug-likeness (QED) is 0.702. The predicted octanol–water partition coefficient (Wildman–Crippen LogP) is 2.61. The average molecular weight is 395 g/mol. The van der Waals surface area contributed by atoms with E-state index in [2.05, 4.69) is 11.9 Å². The third kappa shape index (κ3) is 4.61. The number of nitrogens with zero attached hydrogens (tertiary/aromatic N) is 2. The number of para-hydroxylation sites is 1. The second-order valence-electron chi connectivity index (χ2n) is 6.08. The van der Waals surface area contributed by atoms with Crippen LogP contribution in [-0.4, -0.2) is 35.6 Å². The molecule has 1 heterocycles. The smallest absolute Gasteiger partial charge is 0.266 e. The number of rotatable bonds is 6. The maximum atomic E-state index is 12.6. The molecule has 2 aromatic rings. The third-order valence-corrected chi connectivity index (χ3v) is 5.16. The number of carboxylic acids is 1. The zero-order valence-corrected chi connectivity index (χ0v) is 16.4. The van der Waals surface area contributed by atoms with E-state index in [1.807, 2.05) is 30.3 Å². The Labute approximate surface area is 167 Å². The van der Waals surface area contributed by atoms with Gasteiger partial charge in [0.25, 0.3) is 5.91 Å². The van der Waals surface area contributed by atoms with Crippen molar-refractivity contribution in [2.75, 3.05) is 13.7 Å². The lowest BCUT2D eigenvalue weighted by atomic mass is 10.1. The Bertz CT molecular complexity index is 968. The molecule has 1 aliphatic rings. The average Bonchev–Trinajstić information content (AvgIpc) is 2.95. The summed E-state index contributed by atoms with van der Waals surface area (Å²) >= 11 is 1.30. The highest BCUT2D eigenvalue weighted by Gasteiger charge is 2.30. The van der Waals surface area contributed by atoms with E-state index < -0.39 is 12.6 Å². The van der Waals surface area contributed by atoms with E-state index in [-0.39, 0.29) is 5.91 Å². The Morgan fingerprint density at radius 3 is 2.79 bits per heavy atom. The van der Waals surface area contributed by atoms with Crippen LogP contribution in [0.4, 0.5) is 5.69 Å². The fraction of sp³-hybridized carbons (Fsp3) is 0.190. The number of hydrogen-bond donors (Lipinski definition) is 0. The van der Waals surface area contributed by atoms with Crippen molar-refractivity contribution < 1.29 is 19.4 Å². The van der Waals surface area contributed by atoms with Crippen molar-refractivity contribution in [3.8, 4) is 5.75 Å². The first-order chi connectivity index (χ1) is 13.5. The summed E-state index contributed by atoms with van der Waals surface area (Å²) in [5.74, 6) is -1.04. The molecule has 0 saturated carbocycles. The SMILES string of the molecule is CCc1ccccc1N=C1S/C(=C/c2cccc(OCC(=O)[O-])c2)C(=O)N1C. The molecule has 0 bridgehead atoms. The largest absolute Gasteiger partial charge is 0.546 e. The van der Waals surface area contributed by atoms with E-state index in [9.17, 15) is 14.7 Å². The van der Waals surface area contributed by atoms with E-state index in [0.29, 0.717) is 15.8 Å². The molecule has 1 fully saturated rings. The molecule has 0 spiro atoms. The number of carboxylic acid groups (broad SMARTS) is 1. The minimum Gasteiger partial charge on any atom is -0.546 e. The molecule has 0 atom stereocenters. The molecule has 144 valence electrons. The molecule has 0 N–H and O–H groups in total. The number of aliphatic imine (C=N–C) groups is 1. The Kier molecular flexibility index (Phi) is 6.16. The minimum atomic E-state index is -1.29. The van der Waals surface area contributed by atoms with Gasteiger partial charge in [-0.2, -0.15) is 0 Å². The number of carbonyl (C=O) groups is 2. The molecular formula is C21H19N2O4S-. The Balaban J connectivity index is 1.84. The predicted molar refractivity (Wildman–Crippen MR) is 108 cm³/mol. The summed E-state index contributed by atoms with van der Waals surface area (Å²) in [4.78, 5) is 29.9. The summed E-state index contributed by atoms with van der Waals surface area (Å²) in [6, 6.07) is 14.7. The lowest BCUT2D eigenvalue weighted by Gasteiger charge is -2.09. The molecule has 0 radical (unpaired) electrons. The summed E-state index contributed by atoms with van der Waals surface area (Å²) in [5.41, 5.74) is 2.70. The van der Waals surface area contributed by atoms with E-state index in [1.54, 1.807) is 31.3 Å². The number of aryl methyl sites for hydroxylation is 1. The van der Waals surface area contributed by atoms with Gasteiger partial charge < -0.3 is 14.6 Å². The van der Waals surface area contributed by atoms with Crippen LogP contribution in [0.3, 0.4) is 0 Å². The lowest BCUT2D eigenvalue weighted by Crippen LogP contribution is -2.28. The lowest BCUT2D eigenvalue weighted by molar-refractivity contribution is -0.307. The molecular weight excluding hydrogens is 376 g/mol. The van der Waals surface area contributed by atoms with E-state index in [0.717, 1.165) is 23.2 Å². The van der Waals surface area contributed by atoms with Crippen LogP contribution in [0.1, 0.15) is 18.1 Å². The van der Waals surface area contributed by atoms with Gasteiger partial charge >= 0.3 is 0 Å². The van der Waals surface area contributed by atoms with Crippen LogP contribution in [0.15, 0.2) is 58.4 Å². The van der Waals surface area contributed by atoms with Crippen LogP contribution in [0.5, 0.6) is 5.75 Å². The standard InChI is InChI=1S/C21H20N2O4S/c1-3-15-8-4-5-10-17(15)22-21-23(2)20(26)18(28-21)12-14-7-6-9-16(11-14)27-13-19(24)25/h4-12H,3,13H2,1-2H3,(H,24,25)/p-1/b18-12+,22-21?. The number of likely N-dealkylation sites (N-methyl/N-ethyl adjacent to an activating group) is 1. The van der Waals surface area contributed by atoms with E-state index >= 15 is 0 Å². The second kappa shape index (κ2) is 8.75. The second-order valence-corrected chi connectivity index (χ2v) is 7.09. The number of ether oxygens (including phenoxy) is 1. The van der Waals surface area contributed by atoms with E-state index in [4.69, 9.17) is 4.74 Å². The normalized spacial score (nSPS) is 16.8. The monoisotopic (exact) mass is 395 g/mol. The number of amides is 1. The van der Waals surface area contributed by atoms with Crippen molar-refractivity contribution in [3.63, 3.8) is 0 Å². The van der Waals surface area contributed by atoms with Crippen LogP contribution < -0.4 is 9.84 Å². The van der Waals surface area contributed by atoms with Gasteiger partial charge in [-0.3, -0.25) is 9.69 Å². The maximum absolute atomic E-state index is 12.6. The molecule has 7 heteroatoms. The number of aliphatic carboxylic acids is 1. The first kappa shape index (κ1) is 19.7. The summed E-state index contributed by atoms with van der Waals surface area (Å²) in [6.07, 6.45) is 2.60. The molecule has 0 aliphatic carbocycles. The van der Waals surface area contributed by atoms with Gasteiger partial charge in [0.15, 0.2) is 5.17 Å². The highest BCUT2D eigenvalue weighted by atomic mass is 32.2. The van der Waals surface area contributed by atoms with Crippen LogP contribution in [0.25, 0.3) is 6.08 Å². The van der Waals surface area contributed by atoms with Crippen LogP contribution in [-0.2, 0) is 16.0 Å². The minimum absolute atomic E-state index is 0.140. The topological polar surface area (TPSA) is 82.0 Å². The molecule has 1 aliphatic heterocycles. The van der Waals surface area contributed by atoms with Gasteiger partial charge in [-0.25, -0.2) is 4.99 Å². The van der Waals surface area contributed by atoms with Crippen molar-refractivity contribution in [2.45, 2.75) is 13.3 Å². The Morgan fingerprint density at radius 1 is 1.25 bits per heavy atom. The zero-order chi connectivity index (χ0) is 20.1. The van der Waals surface area contributed by atoms with Crippen molar-refractivity contribution in [3.05, 3.63) is 64.6 Å². The summed E-state index contributed by atoms with van der Waals surface area (Å²) in [7, 11) is 1.70. The molecule has 1 amide bonds. The van der Waals surface area contributed by atoms with Gasteiger partial charge in [-0.1, -0.05) is 37.3 Å². The first-order valence-electron chi connectivity index (χ1n) is 8.75. The molecule has 0 aromatic heterocycles. The van der Waals surface area contributed by atoms with Gasteiger partial charge in [0, 0.05) is 7.05 Å². The van der Waals surface area contributed by atoms with Crippen molar-refractivity contribution >= 4 is 40.6 Å². The van der Waals surface area contributed by atoms with Crippen LogP contribution >= 0.6 is 11.8 Å². The molecule has 0 unspecified atom stereocenters. The highest BCUT2D eigenvalue weighted by Crippen LogP contribution is 2.34. The summed E-state index contributed by atoms with van der Waals surface area (Å²) in [5, 5.41) is 11.1. The highest BCUT2D eigenvalue weighted by molar-refractivity contribution is 8.18. The Morgan fingerprint density at radius 2 is 2.04 bits per heavy atom. The summed E-state index contributed by atoms with van der Waals surface area (Å²) in [6.45, 7) is 1.54. The third-order valence-electron chi connectivity index (χ3n) is 4.10. The molecule has 6 nitrogen and oxygen atoms in total. The number of carbonyl (C=O) groups excluding carboxylic acids is 2. The molecule has 1 saturated heterocycles. The van der Waals surface area contributed by atoms with Crippen molar-refractivity contribution in [1.29, 1.82) is 0 Å². The summed E-state index contributed by atoms with van der Waals surface area (Å²) < 4.78 is 5.13. The van der Waals surface area contributed by atoms with Gasteiger partial charge in [0.05, 0.1) is 16.6 Å².